The first-order valence-electron chi connectivity index (χ1n) is 5.84. The normalized spacial score (nSPS) is 11.1. The average molecular weight is 230 g/mol. The lowest BCUT2D eigenvalue weighted by molar-refractivity contribution is -0.137. The first-order valence-corrected chi connectivity index (χ1v) is 5.84. The van der Waals surface area contributed by atoms with Crippen LogP contribution >= 0.6 is 0 Å². The zero-order valence-corrected chi connectivity index (χ0v) is 10.1. The molecule has 1 aromatic carbocycles. The highest BCUT2D eigenvalue weighted by Crippen LogP contribution is 2.01. The molecule has 2 nitrogen and oxygen atoms in total. The second kappa shape index (κ2) is 8.34. The molecule has 0 fully saturated rings. The van der Waals surface area contributed by atoms with Gasteiger partial charge in [0.15, 0.2) is 0 Å². The SMILES string of the molecule is C/C=C/CCCOC(=O)/C=C/c1ccccc1. The van der Waals surface area contributed by atoms with Gasteiger partial charge in [-0.1, -0.05) is 42.5 Å². The fourth-order valence-electron chi connectivity index (χ4n) is 1.32. The number of carbonyl (C=O) groups is 1. The summed E-state index contributed by atoms with van der Waals surface area (Å²) in [5.41, 5.74) is 0.998. The molecular formula is C15H18O2. The molecule has 0 saturated heterocycles. The van der Waals surface area contributed by atoms with Crippen LogP contribution in [-0.4, -0.2) is 12.6 Å². The molecule has 0 bridgehead atoms. The molecule has 0 heterocycles. The van der Waals surface area contributed by atoms with Gasteiger partial charge in [-0.3, -0.25) is 0 Å². The molecule has 90 valence electrons. The minimum atomic E-state index is -0.283. The molecule has 1 rings (SSSR count). The van der Waals surface area contributed by atoms with Crippen molar-refractivity contribution < 1.29 is 9.53 Å². The molecule has 0 atom stereocenters. The first-order chi connectivity index (χ1) is 8.33. The van der Waals surface area contributed by atoms with Gasteiger partial charge in [-0.15, -0.1) is 0 Å². The fourth-order valence-corrected chi connectivity index (χ4v) is 1.32. The van der Waals surface area contributed by atoms with Gasteiger partial charge in [-0.25, -0.2) is 4.79 Å². The highest BCUT2D eigenvalue weighted by Gasteiger charge is 1.95. The number of allylic oxidation sites excluding steroid dienone is 2. The van der Waals surface area contributed by atoms with Crippen molar-refractivity contribution in [3.8, 4) is 0 Å². The average Bonchev–Trinajstić information content (AvgIpc) is 2.37. The monoisotopic (exact) mass is 230 g/mol. The van der Waals surface area contributed by atoms with Crippen molar-refractivity contribution in [2.75, 3.05) is 6.61 Å². The van der Waals surface area contributed by atoms with Crippen molar-refractivity contribution in [2.24, 2.45) is 0 Å². The molecule has 0 spiro atoms. The van der Waals surface area contributed by atoms with Gasteiger partial charge in [0.05, 0.1) is 6.61 Å². The molecule has 0 aliphatic rings. The van der Waals surface area contributed by atoms with Crippen LogP contribution in [0.2, 0.25) is 0 Å². The topological polar surface area (TPSA) is 26.3 Å². The maximum Gasteiger partial charge on any atom is 0.330 e. The number of ether oxygens (including phenoxy) is 1. The largest absolute Gasteiger partial charge is 0.463 e. The van der Waals surface area contributed by atoms with E-state index in [4.69, 9.17) is 4.74 Å². The maximum atomic E-state index is 11.3. The van der Waals surface area contributed by atoms with Gasteiger partial charge < -0.3 is 4.74 Å². The number of carbonyl (C=O) groups excluding carboxylic acids is 1. The lowest BCUT2D eigenvalue weighted by Gasteiger charge is -1.99. The Morgan fingerprint density at radius 3 is 2.76 bits per heavy atom. The Balaban J connectivity index is 2.23. The summed E-state index contributed by atoms with van der Waals surface area (Å²) in [7, 11) is 0. The first kappa shape index (κ1) is 13.2. The molecule has 0 unspecified atom stereocenters. The van der Waals surface area contributed by atoms with Gasteiger partial charge in [0.2, 0.25) is 0 Å². The van der Waals surface area contributed by atoms with Crippen LogP contribution in [0.1, 0.15) is 25.3 Å². The number of esters is 1. The quantitative estimate of drug-likeness (QED) is 0.323. The van der Waals surface area contributed by atoms with Crippen LogP contribution < -0.4 is 0 Å². The van der Waals surface area contributed by atoms with Crippen LogP contribution in [0, 0.1) is 0 Å². The fraction of sp³-hybridized carbons (Fsp3) is 0.267. The number of unbranched alkanes of at least 4 members (excludes halogenated alkanes) is 1. The van der Waals surface area contributed by atoms with Crippen molar-refractivity contribution in [3.63, 3.8) is 0 Å². The van der Waals surface area contributed by atoms with Crippen LogP contribution in [-0.2, 0) is 9.53 Å². The highest BCUT2D eigenvalue weighted by molar-refractivity contribution is 5.86. The second-order valence-electron chi connectivity index (χ2n) is 3.62. The Morgan fingerprint density at radius 2 is 2.06 bits per heavy atom. The third-order valence-electron chi connectivity index (χ3n) is 2.21. The summed E-state index contributed by atoms with van der Waals surface area (Å²) < 4.78 is 5.05. The van der Waals surface area contributed by atoms with Crippen molar-refractivity contribution in [2.45, 2.75) is 19.8 Å². The zero-order chi connectivity index (χ0) is 12.3. The van der Waals surface area contributed by atoms with E-state index in [1.807, 2.05) is 43.3 Å². The predicted octanol–water partition coefficient (Wildman–Crippen LogP) is 3.60. The molecule has 0 N–H and O–H groups in total. The summed E-state index contributed by atoms with van der Waals surface area (Å²) in [6.07, 6.45) is 9.10. The minimum absolute atomic E-state index is 0.283. The van der Waals surface area contributed by atoms with E-state index in [0.717, 1.165) is 18.4 Å². The van der Waals surface area contributed by atoms with Crippen LogP contribution in [0.4, 0.5) is 0 Å². The third kappa shape index (κ3) is 6.36. The van der Waals surface area contributed by atoms with Gasteiger partial charge in [0, 0.05) is 6.08 Å². The van der Waals surface area contributed by atoms with Crippen LogP contribution in [0.25, 0.3) is 6.08 Å². The molecule has 0 radical (unpaired) electrons. The summed E-state index contributed by atoms with van der Waals surface area (Å²) in [5.74, 6) is -0.283. The van der Waals surface area contributed by atoms with Crippen LogP contribution in [0.5, 0.6) is 0 Å². The maximum absolute atomic E-state index is 11.3. The number of hydrogen-bond donors (Lipinski definition) is 0. The Bertz CT molecular complexity index is 377. The smallest absolute Gasteiger partial charge is 0.330 e. The molecular weight excluding hydrogens is 212 g/mol. The second-order valence-corrected chi connectivity index (χ2v) is 3.62. The molecule has 0 aliphatic carbocycles. The van der Waals surface area contributed by atoms with Gasteiger partial charge in [-0.2, -0.15) is 0 Å². The minimum Gasteiger partial charge on any atom is -0.463 e. The zero-order valence-electron chi connectivity index (χ0n) is 10.1. The van der Waals surface area contributed by atoms with Crippen molar-refractivity contribution in [1.29, 1.82) is 0 Å². The lowest BCUT2D eigenvalue weighted by atomic mass is 10.2. The molecule has 17 heavy (non-hydrogen) atoms. The summed E-state index contributed by atoms with van der Waals surface area (Å²) in [6, 6.07) is 9.69. The molecule has 2 heteroatoms. The Labute approximate surface area is 103 Å². The van der Waals surface area contributed by atoms with E-state index in [1.165, 1.54) is 6.08 Å². The number of hydrogen-bond acceptors (Lipinski definition) is 2. The Hall–Kier alpha value is -1.83. The molecule has 0 amide bonds. The Morgan fingerprint density at radius 1 is 1.29 bits per heavy atom. The third-order valence-corrected chi connectivity index (χ3v) is 2.21. The van der Waals surface area contributed by atoms with Crippen molar-refractivity contribution in [3.05, 3.63) is 54.1 Å². The lowest BCUT2D eigenvalue weighted by Crippen LogP contribution is -2.01. The number of benzene rings is 1. The van der Waals surface area contributed by atoms with Crippen LogP contribution in [0.3, 0.4) is 0 Å². The summed E-state index contributed by atoms with van der Waals surface area (Å²) >= 11 is 0. The van der Waals surface area contributed by atoms with Gasteiger partial charge in [0.1, 0.15) is 0 Å². The summed E-state index contributed by atoms with van der Waals surface area (Å²) in [4.78, 5) is 11.3. The summed E-state index contributed by atoms with van der Waals surface area (Å²) in [6.45, 7) is 2.46. The van der Waals surface area contributed by atoms with Gasteiger partial charge in [-0.05, 0) is 31.4 Å². The van der Waals surface area contributed by atoms with Crippen molar-refractivity contribution in [1.82, 2.24) is 0 Å². The van der Waals surface area contributed by atoms with Crippen molar-refractivity contribution >= 4 is 12.0 Å². The van der Waals surface area contributed by atoms with E-state index >= 15 is 0 Å². The van der Waals surface area contributed by atoms with Crippen LogP contribution in [0.15, 0.2) is 48.6 Å². The van der Waals surface area contributed by atoms with E-state index in [9.17, 15) is 4.79 Å². The predicted molar refractivity (Wildman–Crippen MR) is 70.5 cm³/mol. The number of rotatable bonds is 6. The molecule has 1 aromatic rings. The van der Waals surface area contributed by atoms with E-state index in [0.29, 0.717) is 6.61 Å². The molecule has 0 saturated carbocycles. The molecule has 0 aromatic heterocycles. The van der Waals surface area contributed by atoms with E-state index in [2.05, 4.69) is 6.08 Å². The van der Waals surface area contributed by atoms with E-state index in [1.54, 1.807) is 6.08 Å². The van der Waals surface area contributed by atoms with Gasteiger partial charge >= 0.3 is 5.97 Å². The Kier molecular flexibility index (Phi) is 6.49. The standard InChI is InChI=1S/C15H18O2/c1-2-3-4-8-13-17-15(16)12-11-14-9-6-5-7-10-14/h2-3,5-7,9-12H,4,8,13H2,1H3/b3-2+,12-11+. The highest BCUT2D eigenvalue weighted by atomic mass is 16.5. The van der Waals surface area contributed by atoms with E-state index < -0.39 is 0 Å². The summed E-state index contributed by atoms with van der Waals surface area (Å²) in [5, 5.41) is 0. The van der Waals surface area contributed by atoms with Gasteiger partial charge in [0.25, 0.3) is 0 Å². The molecule has 0 aliphatic heterocycles. The van der Waals surface area contributed by atoms with E-state index in [-0.39, 0.29) is 5.97 Å².